The van der Waals surface area contributed by atoms with Crippen LogP contribution in [0.4, 0.5) is 0 Å². The number of nitrogens with zero attached hydrogens (tertiary/aromatic N) is 1. The van der Waals surface area contributed by atoms with Gasteiger partial charge in [-0.15, -0.1) is 0 Å². The molecule has 0 bridgehead atoms. The number of carbonyl (C=O) groups excluding carboxylic acids is 1. The van der Waals surface area contributed by atoms with Gasteiger partial charge in [0.2, 0.25) is 0 Å². The van der Waals surface area contributed by atoms with Crippen molar-refractivity contribution in [1.29, 1.82) is 0 Å². The monoisotopic (exact) mass is 275 g/mol. The van der Waals surface area contributed by atoms with E-state index in [9.17, 15) is 4.79 Å². The maximum absolute atomic E-state index is 12.1. The second kappa shape index (κ2) is 8.18. The highest BCUT2D eigenvalue weighted by Gasteiger charge is 2.21. The number of likely N-dealkylation sites (tertiary alicyclic amines) is 1. The molecule has 20 heavy (non-hydrogen) atoms. The largest absolute Gasteiger partial charge is 0.377 e. The van der Waals surface area contributed by atoms with E-state index in [0.29, 0.717) is 24.9 Å². The van der Waals surface area contributed by atoms with Crippen LogP contribution in [0.25, 0.3) is 0 Å². The molecule has 1 heterocycles. The molecule has 1 saturated heterocycles. The topological polar surface area (TPSA) is 29.5 Å². The lowest BCUT2D eigenvalue weighted by atomic mass is 10.1. The minimum absolute atomic E-state index is 0.298. The first-order valence-electron chi connectivity index (χ1n) is 7.67. The summed E-state index contributed by atoms with van der Waals surface area (Å²) in [5.41, 5.74) is 1.10. The Morgan fingerprint density at radius 3 is 2.90 bits per heavy atom. The maximum Gasteiger partial charge on any atom is 0.151 e. The zero-order chi connectivity index (χ0) is 14.2. The average molecular weight is 275 g/mol. The average Bonchev–Trinajstić information content (AvgIpc) is 2.46. The molecule has 1 unspecified atom stereocenters. The van der Waals surface area contributed by atoms with Crippen LogP contribution in [0.5, 0.6) is 0 Å². The van der Waals surface area contributed by atoms with Gasteiger partial charge in [-0.25, -0.2) is 0 Å². The molecular weight excluding hydrogens is 250 g/mol. The summed E-state index contributed by atoms with van der Waals surface area (Å²) in [6, 6.07) is 9.98. The first kappa shape index (κ1) is 15.2. The van der Waals surface area contributed by atoms with Gasteiger partial charge in [0.25, 0.3) is 0 Å². The minimum Gasteiger partial charge on any atom is -0.377 e. The van der Waals surface area contributed by atoms with Crippen molar-refractivity contribution >= 4 is 5.78 Å². The van der Waals surface area contributed by atoms with E-state index >= 15 is 0 Å². The van der Waals surface area contributed by atoms with Gasteiger partial charge in [-0.05, 0) is 31.4 Å². The third-order valence-corrected chi connectivity index (χ3v) is 3.66. The molecule has 0 N–H and O–H groups in total. The number of benzene rings is 1. The molecule has 1 aliphatic heterocycles. The van der Waals surface area contributed by atoms with Crippen molar-refractivity contribution in [3.8, 4) is 0 Å². The molecule has 1 aromatic rings. The van der Waals surface area contributed by atoms with E-state index in [4.69, 9.17) is 4.74 Å². The van der Waals surface area contributed by atoms with E-state index in [1.165, 1.54) is 0 Å². The van der Waals surface area contributed by atoms with Crippen molar-refractivity contribution in [1.82, 2.24) is 4.90 Å². The lowest BCUT2D eigenvalue weighted by Gasteiger charge is -2.32. The summed E-state index contributed by atoms with van der Waals surface area (Å²) in [5.74, 6) is 0.298. The van der Waals surface area contributed by atoms with E-state index in [0.717, 1.165) is 44.5 Å². The zero-order valence-corrected chi connectivity index (χ0v) is 12.4. The van der Waals surface area contributed by atoms with Crippen LogP contribution in [0.2, 0.25) is 0 Å². The standard InChI is InChI=1S/C17H25NO2/c1-2-11-20-17-9-6-10-18(14-17)13-16(19)12-15-7-4-3-5-8-15/h3-5,7-8,17H,2,6,9-14H2,1H3. The number of Topliss-reactive ketones (excluding diaryl/α,β-unsaturated/α-hetero) is 1. The van der Waals surface area contributed by atoms with E-state index in [1.807, 2.05) is 30.3 Å². The van der Waals surface area contributed by atoms with Crippen LogP contribution >= 0.6 is 0 Å². The molecule has 1 atom stereocenters. The fourth-order valence-electron chi connectivity index (χ4n) is 2.71. The number of rotatable bonds is 7. The van der Waals surface area contributed by atoms with Crippen molar-refractivity contribution < 1.29 is 9.53 Å². The molecule has 0 spiro atoms. The maximum atomic E-state index is 12.1. The van der Waals surface area contributed by atoms with Gasteiger partial charge in [-0.3, -0.25) is 9.69 Å². The summed E-state index contributed by atoms with van der Waals surface area (Å²) in [5, 5.41) is 0. The third-order valence-electron chi connectivity index (χ3n) is 3.66. The molecule has 0 amide bonds. The normalized spacial score (nSPS) is 19.9. The summed E-state index contributed by atoms with van der Waals surface area (Å²) in [6.45, 7) is 5.44. The van der Waals surface area contributed by atoms with Gasteiger partial charge in [0.05, 0.1) is 12.6 Å². The highest BCUT2D eigenvalue weighted by atomic mass is 16.5. The van der Waals surface area contributed by atoms with Crippen molar-refractivity contribution in [2.24, 2.45) is 0 Å². The quantitative estimate of drug-likeness (QED) is 0.766. The molecule has 3 heteroatoms. The fraction of sp³-hybridized carbons (Fsp3) is 0.588. The lowest BCUT2D eigenvalue weighted by Crippen LogP contribution is -2.42. The van der Waals surface area contributed by atoms with Gasteiger partial charge < -0.3 is 4.74 Å². The van der Waals surface area contributed by atoms with E-state index in [-0.39, 0.29) is 0 Å². The van der Waals surface area contributed by atoms with Crippen molar-refractivity contribution in [3.63, 3.8) is 0 Å². The highest BCUT2D eigenvalue weighted by molar-refractivity contribution is 5.82. The highest BCUT2D eigenvalue weighted by Crippen LogP contribution is 2.13. The molecule has 3 nitrogen and oxygen atoms in total. The first-order chi connectivity index (χ1) is 9.78. The van der Waals surface area contributed by atoms with Crippen LogP contribution in [0.1, 0.15) is 31.7 Å². The molecule has 1 aliphatic rings. The minimum atomic E-state index is 0.298. The van der Waals surface area contributed by atoms with Crippen molar-refractivity contribution in [2.45, 2.75) is 38.7 Å². The predicted octanol–water partition coefficient (Wildman–Crippen LogP) is 2.69. The van der Waals surface area contributed by atoms with Crippen molar-refractivity contribution in [2.75, 3.05) is 26.2 Å². The number of carbonyl (C=O) groups is 1. The summed E-state index contributed by atoms with van der Waals surface area (Å²) in [4.78, 5) is 14.4. The van der Waals surface area contributed by atoms with Crippen LogP contribution in [0, 0.1) is 0 Å². The smallest absolute Gasteiger partial charge is 0.151 e. The molecule has 0 aliphatic carbocycles. The summed E-state index contributed by atoms with van der Waals surface area (Å²) in [6.07, 6.45) is 4.17. The van der Waals surface area contributed by atoms with Crippen LogP contribution < -0.4 is 0 Å². The van der Waals surface area contributed by atoms with E-state index in [1.54, 1.807) is 0 Å². The number of hydrogen-bond donors (Lipinski definition) is 0. The Bertz CT molecular complexity index is 405. The van der Waals surface area contributed by atoms with Gasteiger partial charge in [-0.2, -0.15) is 0 Å². The number of ketones is 1. The van der Waals surface area contributed by atoms with Gasteiger partial charge in [0.15, 0.2) is 5.78 Å². The molecule has 0 aromatic heterocycles. The Hall–Kier alpha value is -1.19. The Kier molecular flexibility index (Phi) is 6.22. The van der Waals surface area contributed by atoms with Gasteiger partial charge >= 0.3 is 0 Å². The summed E-state index contributed by atoms with van der Waals surface area (Å²) < 4.78 is 5.81. The van der Waals surface area contributed by atoms with E-state index in [2.05, 4.69) is 11.8 Å². The predicted molar refractivity (Wildman–Crippen MR) is 80.9 cm³/mol. The number of piperidine rings is 1. The van der Waals surface area contributed by atoms with Crippen molar-refractivity contribution in [3.05, 3.63) is 35.9 Å². The van der Waals surface area contributed by atoms with Gasteiger partial charge in [-0.1, -0.05) is 37.3 Å². The zero-order valence-electron chi connectivity index (χ0n) is 12.4. The van der Waals surface area contributed by atoms with Gasteiger partial charge in [0.1, 0.15) is 0 Å². The van der Waals surface area contributed by atoms with Crippen LogP contribution in [0.3, 0.4) is 0 Å². The lowest BCUT2D eigenvalue weighted by molar-refractivity contribution is -0.120. The summed E-state index contributed by atoms with van der Waals surface area (Å²) >= 11 is 0. The Balaban J connectivity index is 1.76. The molecule has 1 aromatic carbocycles. The Morgan fingerprint density at radius 1 is 1.35 bits per heavy atom. The SMILES string of the molecule is CCCOC1CCCN(CC(=O)Cc2ccccc2)C1. The molecule has 110 valence electrons. The molecule has 1 fully saturated rings. The van der Waals surface area contributed by atoms with Crippen LogP contribution in [-0.4, -0.2) is 43.0 Å². The first-order valence-corrected chi connectivity index (χ1v) is 7.67. The second-order valence-electron chi connectivity index (χ2n) is 5.57. The Morgan fingerprint density at radius 2 is 2.15 bits per heavy atom. The number of hydrogen-bond acceptors (Lipinski definition) is 3. The Labute approximate surface area is 121 Å². The van der Waals surface area contributed by atoms with E-state index < -0.39 is 0 Å². The molecule has 2 rings (SSSR count). The van der Waals surface area contributed by atoms with Gasteiger partial charge in [0, 0.05) is 19.6 Å². The molecular formula is C17H25NO2. The third kappa shape index (κ3) is 5.06. The fourth-order valence-corrected chi connectivity index (χ4v) is 2.71. The van der Waals surface area contributed by atoms with Crippen LogP contribution in [0.15, 0.2) is 30.3 Å². The molecule has 0 radical (unpaired) electrons. The second-order valence-corrected chi connectivity index (χ2v) is 5.57. The van der Waals surface area contributed by atoms with Crippen LogP contribution in [-0.2, 0) is 16.0 Å². The summed E-state index contributed by atoms with van der Waals surface area (Å²) in [7, 11) is 0. The molecule has 0 saturated carbocycles. The number of ether oxygens (including phenoxy) is 1.